The Morgan fingerprint density at radius 3 is 2.50 bits per heavy atom. The Hall–Kier alpha value is -0.870. The van der Waals surface area contributed by atoms with Crippen LogP contribution >= 0.6 is 0 Å². The Morgan fingerprint density at radius 2 is 1.90 bits per heavy atom. The summed E-state index contributed by atoms with van der Waals surface area (Å²) in [6, 6.07) is 0. The summed E-state index contributed by atoms with van der Waals surface area (Å²) in [7, 11) is 0. The van der Waals surface area contributed by atoms with E-state index in [9.17, 15) is 9.90 Å². The normalized spacial score (nSPS) is 46.7. The highest BCUT2D eigenvalue weighted by Crippen LogP contribution is 2.79. The van der Waals surface area contributed by atoms with Gasteiger partial charge in [0.1, 0.15) is 0 Å². The van der Waals surface area contributed by atoms with E-state index in [-0.39, 0.29) is 11.8 Å². The molecule has 20 heavy (non-hydrogen) atoms. The first-order valence-corrected chi connectivity index (χ1v) is 7.89. The van der Waals surface area contributed by atoms with Gasteiger partial charge in [-0.25, -0.2) is 4.79 Å². The van der Waals surface area contributed by atoms with Gasteiger partial charge in [-0.15, -0.1) is 0 Å². The third-order valence-corrected chi connectivity index (χ3v) is 5.94. The van der Waals surface area contributed by atoms with E-state index in [1.807, 2.05) is 13.8 Å². The quantitative estimate of drug-likeness (QED) is 0.806. The molecule has 0 aromatic carbocycles. The fourth-order valence-corrected chi connectivity index (χ4v) is 4.48. The van der Waals surface area contributed by atoms with Crippen LogP contribution in [0.3, 0.4) is 0 Å². The van der Waals surface area contributed by atoms with Gasteiger partial charge in [0.05, 0.1) is 0 Å². The van der Waals surface area contributed by atoms with Crippen LogP contribution in [0, 0.1) is 17.8 Å². The fraction of sp³-hybridized carbons (Fsp3) is 0.812. The van der Waals surface area contributed by atoms with E-state index in [1.165, 1.54) is 32.1 Å². The van der Waals surface area contributed by atoms with Crippen LogP contribution in [0.25, 0.3) is 0 Å². The molecule has 0 radical (unpaired) electrons. The average molecular weight is 278 g/mol. The maximum Gasteiger partial charge on any atom is 0.332 e. The molecule has 0 bridgehead atoms. The molecule has 0 aromatic rings. The number of hydrogen-bond donors (Lipinski definition) is 1. The SMILES string of the molecule is CC1C(C(=O)O)=C(CC2CCCCC2)C23OC2(O3)C1C. The first-order valence-electron chi connectivity index (χ1n) is 7.89. The van der Waals surface area contributed by atoms with Crippen molar-refractivity contribution in [2.45, 2.75) is 63.9 Å². The van der Waals surface area contributed by atoms with Crippen molar-refractivity contribution in [1.82, 2.24) is 0 Å². The maximum atomic E-state index is 11.7. The van der Waals surface area contributed by atoms with Gasteiger partial charge in [-0.1, -0.05) is 46.0 Å². The second-order valence-electron chi connectivity index (χ2n) is 6.97. The summed E-state index contributed by atoms with van der Waals surface area (Å²) in [6.45, 7) is 4.04. The van der Waals surface area contributed by atoms with Crippen molar-refractivity contribution >= 4 is 5.97 Å². The Bertz CT molecular complexity index is 495. The van der Waals surface area contributed by atoms with Crippen LogP contribution in [-0.4, -0.2) is 22.7 Å². The molecule has 0 aromatic heterocycles. The number of carboxylic acids is 1. The van der Waals surface area contributed by atoms with Crippen molar-refractivity contribution in [1.29, 1.82) is 0 Å². The van der Waals surface area contributed by atoms with Gasteiger partial charge in [-0.3, -0.25) is 0 Å². The Balaban J connectivity index is 1.68. The van der Waals surface area contributed by atoms with Crippen LogP contribution in [0.4, 0.5) is 0 Å². The second-order valence-corrected chi connectivity index (χ2v) is 6.97. The number of rotatable bonds is 3. The van der Waals surface area contributed by atoms with Gasteiger partial charge in [0.25, 0.3) is 5.79 Å². The van der Waals surface area contributed by atoms with E-state index in [1.54, 1.807) is 0 Å². The molecule has 3 fully saturated rings. The van der Waals surface area contributed by atoms with Crippen LogP contribution in [0.1, 0.15) is 52.4 Å². The van der Waals surface area contributed by atoms with Crippen molar-refractivity contribution in [3.8, 4) is 0 Å². The van der Waals surface area contributed by atoms with Gasteiger partial charge in [0.2, 0.25) is 5.79 Å². The highest BCUT2D eigenvalue weighted by Gasteiger charge is 2.96. The Morgan fingerprint density at radius 1 is 1.25 bits per heavy atom. The molecule has 4 rings (SSSR count). The lowest BCUT2D eigenvalue weighted by Gasteiger charge is -2.27. The predicted molar refractivity (Wildman–Crippen MR) is 71.8 cm³/mol. The zero-order chi connectivity index (χ0) is 14.1. The Labute approximate surface area is 119 Å². The number of hydrogen-bond acceptors (Lipinski definition) is 3. The van der Waals surface area contributed by atoms with E-state index >= 15 is 0 Å². The van der Waals surface area contributed by atoms with Gasteiger partial charge in [0, 0.05) is 17.1 Å². The number of carboxylic acid groups (broad SMARTS) is 1. The first kappa shape index (κ1) is 12.8. The number of aliphatic carboxylic acids is 1. The molecule has 110 valence electrons. The van der Waals surface area contributed by atoms with Crippen molar-refractivity contribution in [3.63, 3.8) is 0 Å². The highest BCUT2D eigenvalue weighted by molar-refractivity contribution is 5.90. The largest absolute Gasteiger partial charge is 0.478 e. The average Bonchev–Trinajstić information content (AvgIpc) is 3.24. The van der Waals surface area contributed by atoms with E-state index in [0.29, 0.717) is 11.5 Å². The molecule has 4 aliphatic rings. The highest BCUT2D eigenvalue weighted by atomic mass is 17.0. The standard InChI is InChI=1S/C16H22O4/c1-9-10(2)15-16(19-15,20-15)12(13(9)14(17)18)8-11-6-4-3-5-7-11/h9-11H,3-8H2,1-2H3,(H,17,18). The molecule has 2 atom stereocenters. The number of carbonyl (C=O) groups is 1. The molecule has 2 unspecified atom stereocenters. The van der Waals surface area contributed by atoms with Crippen LogP contribution < -0.4 is 0 Å². The summed E-state index contributed by atoms with van der Waals surface area (Å²) < 4.78 is 11.6. The molecule has 4 nitrogen and oxygen atoms in total. The van der Waals surface area contributed by atoms with Crippen LogP contribution in [-0.2, 0) is 14.3 Å². The minimum Gasteiger partial charge on any atom is -0.478 e. The first-order chi connectivity index (χ1) is 9.52. The lowest BCUT2D eigenvalue weighted by molar-refractivity contribution is -0.133. The van der Waals surface area contributed by atoms with Crippen molar-refractivity contribution in [2.75, 3.05) is 0 Å². The summed E-state index contributed by atoms with van der Waals surface area (Å²) in [4.78, 5) is 11.7. The van der Waals surface area contributed by atoms with E-state index < -0.39 is 17.5 Å². The van der Waals surface area contributed by atoms with Crippen molar-refractivity contribution in [3.05, 3.63) is 11.1 Å². The van der Waals surface area contributed by atoms with Gasteiger partial charge in [0.15, 0.2) is 0 Å². The second kappa shape index (κ2) is 3.86. The maximum absolute atomic E-state index is 11.7. The fourth-order valence-electron chi connectivity index (χ4n) is 4.48. The van der Waals surface area contributed by atoms with Crippen molar-refractivity contribution < 1.29 is 19.4 Å². The minimum atomic E-state index is -0.788. The van der Waals surface area contributed by atoms with Crippen LogP contribution in [0.2, 0.25) is 0 Å². The third-order valence-electron chi connectivity index (χ3n) is 5.94. The van der Waals surface area contributed by atoms with E-state index in [4.69, 9.17) is 9.47 Å². The van der Waals surface area contributed by atoms with E-state index in [0.717, 1.165) is 12.0 Å². The third kappa shape index (κ3) is 1.41. The van der Waals surface area contributed by atoms with Crippen LogP contribution in [0.15, 0.2) is 11.1 Å². The van der Waals surface area contributed by atoms with Gasteiger partial charge >= 0.3 is 5.97 Å². The predicted octanol–water partition coefficient (Wildman–Crippen LogP) is 3.08. The molecular weight excluding hydrogens is 256 g/mol. The van der Waals surface area contributed by atoms with Crippen LogP contribution in [0.5, 0.6) is 0 Å². The van der Waals surface area contributed by atoms with E-state index in [2.05, 4.69) is 0 Å². The molecule has 0 amide bonds. The topological polar surface area (TPSA) is 62.4 Å². The summed E-state index contributed by atoms with van der Waals surface area (Å²) in [6.07, 6.45) is 7.13. The number of ether oxygens (including phenoxy) is 2. The molecule has 2 aliphatic heterocycles. The monoisotopic (exact) mass is 278 g/mol. The molecule has 0 spiro atoms. The summed E-state index contributed by atoms with van der Waals surface area (Å²) in [5.74, 6) is -1.15. The molecule has 2 aliphatic carbocycles. The number of epoxide rings is 2. The summed E-state index contributed by atoms with van der Waals surface area (Å²) >= 11 is 0. The van der Waals surface area contributed by atoms with Gasteiger partial charge < -0.3 is 14.6 Å². The van der Waals surface area contributed by atoms with Gasteiger partial charge in [-0.2, -0.15) is 0 Å². The molecular formula is C16H22O4. The lowest BCUT2D eigenvalue weighted by Crippen LogP contribution is -2.30. The smallest absolute Gasteiger partial charge is 0.332 e. The molecule has 4 heteroatoms. The molecule has 2 saturated heterocycles. The van der Waals surface area contributed by atoms with Gasteiger partial charge in [-0.05, 0) is 18.3 Å². The zero-order valence-corrected chi connectivity index (χ0v) is 12.1. The molecule has 2 heterocycles. The Kier molecular flexibility index (Phi) is 2.48. The minimum absolute atomic E-state index is 0.00390. The molecule has 1 saturated carbocycles. The molecule has 1 N–H and O–H groups in total. The zero-order valence-electron chi connectivity index (χ0n) is 12.1. The summed E-state index contributed by atoms with van der Waals surface area (Å²) in [5.41, 5.74) is 1.51. The summed E-state index contributed by atoms with van der Waals surface area (Å²) in [5, 5.41) is 9.62. The van der Waals surface area contributed by atoms with Crippen molar-refractivity contribution in [2.24, 2.45) is 17.8 Å². The lowest BCUT2D eigenvalue weighted by atomic mass is 9.73.